The molecule has 0 aromatic rings. The minimum absolute atomic E-state index is 0.803. The fraction of sp³-hybridized carbons (Fsp3) is 1.00. The Bertz CT molecular complexity index is 79.0. The van der Waals surface area contributed by atoms with Crippen LogP contribution in [0.2, 0.25) is 0 Å². The molecule has 0 unspecified atom stereocenters. The smallest absolute Gasteiger partial charge is 0.0487 e. The van der Waals surface area contributed by atoms with Crippen LogP contribution < -0.4 is 5.32 Å². The van der Waals surface area contributed by atoms with Crippen molar-refractivity contribution in [3.8, 4) is 0 Å². The summed E-state index contributed by atoms with van der Waals surface area (Å²) in [6.07, 6.45) is 3.36. The molecule has 0 aliphatic rings. The van der Waals surface area contributed by atoms with E-state index in [1.807, 2.05) is 0 Å². The van der Waals surface area contributed by atoms with Crippen molar-refractivity contribution in [1.82, 2.24) is 5.32 Å². The summed E-state index contributed by atoms with van der Waals surface area (Å²) in [6, 6.07) is 0. The molecule has 0 rings (SSSR count). The Hall–Kier alpha value is -0.120. The Labute approximate surface area is 81.8 Å². The van der Waals surface area contributed by atoms with Crippen LogP contribution in [0.4, 0.5) is 0 Å². The second kappa shape index (κ2) is 11.9. The zero-order valence-corrected chi connectivity index (χ0v) is 8.97. The van der Waals surface area contributed by atoms with Gasteiger partial charge in [-0.25, -0.2) is 0 Å². The first-order chi connectivity index (χ1) is 6.41. The lowest BCUT2D eigenvalue weighted by molar-refractivity contribution is 0.100. The Balaban J connectivity index is 2.76. The van der Waals surface area contributed by atoms with Gasteiger partial charge >= 0.3 is 0 Å². The summed E-state index contributed by atoms with van der Waals surface area (Å²) in [6.45, 7) is 6.81. The van der Waals surface area contributed by atoms with E-state index >= 15 is 0 Å². The standard InChI is InChI=1S/C10H23NO2/c1-3-11-7-4-5-9-13-10-6-8-12-2/h11H,3-10H2,1-2H3. The first-order valence-electron chi connectivity index (χ1n) is 5.19. The molecule has 0 radical (unpaired) electrons. The molecule has 0 heterocycles. The number of rotatable bonds is 10. The maximum absolute atomic E-state index is 5.41. The van der Waals surface area contributed by atoms with E-state index in [4.69, 9.17) is 9.47 Å². The first kappa shape index (κ1) is 12.9. The van der Waals surface area contributed by atoms with Gasteiger partial charge < -0.3 is 14.8 Å². The average Bonchev–Trinajstić information content (AvgIpc) is 2.16. The molecule has 0 amide bonds. The summed E-state index contributed by atoms with van der Waals surface area (Å²) in [5, 5.41) is 3.28. The number of hydrogen-bond donors (Lipinski definition) is 1. The predicted octanol–water partition coefficient (Wildman–Crippen LogP) is 1.43. The second-order valence-electron chi connectivity index (χ2n) is 3.02. The zero-order chi connectivity index (χ0) is 9.78. The van der Waals surface area contributed by atoms with Crippen molar-refractivity contribution in [3.05, 3.63) is 0 Å². The van der Waals surface area contributed by atoms with Gasteiger partial charge in [-0.15, -0.1) is 0 Å². The molecule has 0 aromatic carbocycles. The van der Waals surface area contributed by atoms with Gasteiger partial charge in [0.15, 0.2) is 0 Å². The zero-order valence-electron chi connectivity index (χ0n) is 8.97. The Morgan fingerprint density at radius 2 is 1.77 bits per heavy atom. The van der Waals surface area contributed by atoms with Gasteiger partial charge in [-0.2, -0.15) is 0 Å². The van der Waals surface area contributed by atoms with Crippen molar-refractivity contribution in [2.24, 2.45) is 0 Å². The van der Waals surface area contributed by atoms with Crippen LogP contribution >= 0.6 is 0 Å². The fourth-order valence-corrected chi connectivity index (χ4v) is 1.04. The third kappa shape index (κ3) is 11.9. The van der Waals surface area contributed by atoms with Gasteiger partial charge in [0.25, 0.3) is 0 Å². The molecule has 1 N–H and O–H groups in total. The molecule has 13 heavy (non-hydrogen) atoms. The maximum Gasteiger partial charge on any atom is 0.0487 e. The van der Waals surface area contributed by atoms with Crippen molar-refractivity contribution in [2.75, 3.05) is 40.0 Å². The van der Waals surface area contributed by atoms with Crippen molar-refractivity contribution in [2.45, 2.75) is 26.2 Å². The number of hydrogen-bond acceptors (Lipinski definition) is 3. The lowest BCUT2D eigenvalue weighted by Crippen LogP contribution is -2.14. The third-order valence-corrected chi connectivity index (χ3v) is 1.78. The highest BCUT2D eigenvalue weighted by atomic mass is 16.5. The molecular weight excluding hydrogens is 166 g/mol. The highest BCUT2D eigenvalue weighted by molar-refractivity contribution is 4.44. The van der Waals surface area contributed by atoms with Crippen molar-refractivity contribution in [1.29, 1.82) is 0 Å². The monoisotopic (exact) mass is 189 g/mol. The fourth-order valence-electron chi connectivity index (χ4n) is 1.04. The van der Waals surface area contributed by atoms with E-state index in [2.05, 4.69) is 12.2 Å². The van der Waals surface area contributed by atoms with Gasteiger partial charge in [0, 0.05) is 26.9 Å². The van der Waals surface area contributed by atoms with E-state index in [-0.39, 0.29) is 0 Å². The van der Waals surface area contributed by atoms with E-state index < -0.39 is 0 Å². The van der Waals surface area contributed by atoms with Gasteiger partial charge in [-0.1, -0.05) is 6.92 Å². The molecule has 0 spiro atoms. The van der Waals surface area contributed by atoms with Crippen LogP contribution in [0.1, 0.15) is 26.2 Å². The summed E-state index contributed by atoms with van der Waals surface area (Å²) < 4.78 is 10.3. The average molecular weight is 189 g/mol. The number of nitrogens with one attached hydrogen (secondary N) is 1. The molecule has 0 saturated carbocycles. The SMILES string of the molecule is CCNCCCCOCCCOC. The normalized spacial score (nSPS) is 10.6. The van der Waals surface area contributed by atoms with Gasteiger partial charge in [0.05, 0.1) is 0 Å². The summed E-state index contributed by atoms with van der Waals surface area (Å²) in [5.74, 6) is 0. The van der Waals surface area contributed by atoms with Crippen LogP contribution in [0.5, 0.6) is 0 Å². The molecule has 0 atom stereocenters. The van der Waals surface area contributed by atoms with E-state index in [0.717, 1.165) is 45.8 Å². The van der Waals surface area contributed by atoms with E-state index in [9.17, 15) is 0 Å². The van der Waals surface area contributed by atoms with E-state index in [0.29, 0.717) is 0 Å². The van der Waals surface area contributed by atoms with Crippen molar-refractivity contribution < 1.29 is 9.47 Å². The summed E-state index contributed by atoms with van der Waals surface area (Å²) in [7, 11) is 1.72. The molecule has 0 aliphatic carbocycles. The van der Waals surface area contributed by atoms with Gasteiger partial charge in [-0.05, 0) is 32.4 Å². The van der Waals surface area contributed by atoms with Gasteiger partial charge in [-0.3, -0.25) is 0 Å². The molecule has 0 bridgehead atoms. The Kier molecular flexibility index (Phi) is 11.8. The number of methoxy groups -OCH3 is 1. The maximum atomic E-state index is 5.41. The minimum Gasteiger partial charge on any atom is -0.385 e. The molecule has 80 valence electrons. The topological polar surface area (TPSA) is 30.5 Å². The van der Waals surface area contributed by atoms with Crippen LogP contribution in [-0.2, 0) is 9.47 Å². The molecule has 0 saturated heterocycles. The van der Waals surface area contributed by atoms with Gasteiger partial charge in [0.2, 0.25) is 0 Å². The first-order valence-corrected chi connectivity index (χ1v) is 5.19. The second-order valence-corrected chi connectivity index (χ2v) is 3.02. The summed E-state index contributed by atoms with van der Waals surface area (Å²) in [4.78, 5) is 0. The van der Waals surface area contributed by atoms with Crippen LogP contribution in [0.25, 0.3) is 0 Å². The van der Waals surface area contributed by atoms with E-state index in [1.165, 1.54) is 6.42 Å². The van der Waals surface area contributed by atoms with Crippen LogP contribution in [0.3, 0.4) is 0 Å². The van der Waals surface area contributed by atoms with Crippen molar-refractivity contribution in [3.63, 3.8) is 0 Å². The predicted molar refractivity (Wildman–Crippen MR) is 55.1 cm³/mol. The van der Waals surface area contributed by atoms with E-state index in [1.54, 1.807) is 7.11 Å². The van der Waals surface area contributed by atoms with Crippen LogP contribution in [-0.4, -0.2) is 40.0 Å². The number of ether oxygens (including phenoxy) is 2. The summed E-state index contributed by atoms with van der Waals surface area (Å²) in [5.41, 5.74) is 0. The van der Waals surface area contributed by atoms with Crippen LogP contribution in [0, 0.1) is 0 Å². The number of unbranched alkanes of at least 4 members (excludes halogenated alkanes) is 1. The molecule has 0 aliphatic heterocycles. The molecule has 0 aromatic heterocycles. The van der Waals surface area contributed by atoms with Crippen molar-refractivity contribution >= 4 is 0 Å². The molecular formula is C10H23NO2. The lowest BCUT2D eigenvalue weighted by atomic mass is 10.3. The lowest BCUT2D eigenvalue weighted by Gasteiger charge is -2.04. The molecule has 0 fully saturated rings. The quantitative estimate of drug-likeness (QED) is 0.527. The Morgan fingerprint density at radius 3 is 2.46 bits per heavy atom. The summed E-state index contributed by atoms with van der Waals surface area (Å²) >= 11 is 0. The molecule has 3 heteroatoms. The molecule has 3 nitrogen and oxygen atoms in total. The highest BCUT2D eigenvalue weighted by Gasteiger charge is 1.89. The largest absolute Gasteiger partial charge is 0.385 e. The van der Waals surface area contributed by atoms with Crippen LogP contribution in [0.15, 0.2) is 0 Å². The third-order valence-electron chi connectivity index (χ3n) is 1.78. The highest BCUT2D eigenvalue weighted by Crippen LogP contribution is 1.90. The Morgan fingerprint density at radius 1 is 1.00 bits per heavy atom. The minimum atomic E-state index is 0.803. The van der Waals surface area contributed by atoms with Gasteiger partial charge in [0.1, 0.15) is 0 Å².